The summed E-state index contributed by atoms with van der Waals surface area (Å²) in [6.07, 6.45) is 2.63. The van der Waals surface area contributed by atoms with Gasteiger partial charge >= 0.3 is 5.97 Å². The molecule has 1 heterocycles. The van der Waals surface area contributed by atoms with Crippen molar-refractivity contribution in [1.29, 1.82) is 0 Å². The van der Waals surface area contributed by atoms with Gasteiger partial charge in [-0.1, -0.05) is 18.2 Å². The molecule has 0 spiro atoms. The fraction of sp³-hybridized carbons (Fsp3) is 0.111. The quantitative estimate of drug-likeness (QED) is 0.844. The standard InChI is InChI=1S/C18H15NO5/c1-11-23-15-8-6-12(10-16(15)24-11)7-9-17(20)19-14-5-3-2-4-13(14)18(21)22/h2-11H,1H3,(H,19,20)(H,21,22)/b9-7+. The van der Waals surface area contributed by atoms with Gasteiger partial charge in [-0.25, -0.2) is 4.79 Å². The number of rotatable bonds is 4. The molecule has 6 heteroatoms. The third-order valence-electron chi connectivity index (χ3n) is 3.40. The van der Waals surface area contributed by atoms with Crippen LogP contribution in [0.25, 0.3) is 6.08 Å². The number of anilines is 1. The van der Waals surface area contributed by atoms with E-state index < -0.39 is 11.9 Å². The second kappa shape index (κ2) is 6.45. The summed E-state index contributed by atoms with van der Waals surface area (Å²) in [7, 11) is 0. The van der Waals surface area contributed by atoms with Crippen molar-refractivity contribution in [2.75, 3.05) is 5.32 Å². The molecule has 6 nitrogen and oxygen atoms in total. The SMILES string of the molecule is CC1Oc2ccc(/C=C/C(=O)Nc3ccccc3C(=O)O)cc2O1. The van der Waals surface area contributed by atoms with Crippen LogP contribution in [0.3, 0.4) is 0 Å². The lowest BCUT2D eigenvalue weighted by Gasteiger charge is -2.05. The monoisotopic (exact) mass is 325 g/mol. The molecule has 3 rings (SSSR count). The Labute approximate surface area is 138 Å². The van der Waals surface area contributed by atoms with Crippen molar-refractivity contribution in [2.24, 2.45) is 0 Å². The smallest absolute Gasteiger partial charge is 0.337 e. The minimum absolute atomic E-state index is 0.0383. The van der Waals surface area contributed by atoms with Gasteiger partial charge in [0.05, 0.1) is 11.3 Å². The van der Waals surface area contributed by atoms with Crippen molar-refractivity contribution in [2.45, 2.75) is 13.2 Å². The Morgan fingerprint density at radius 1 is 1.12 bits per heavy atom. The average molecular weight is 325 g/mol. The predicted molar refractivity (Wildman–Crippen MR) is 88.2 cm³/mol. The molecule has 0 fully saturated rings. The molecule has 24 heavy (non-hydrogen) atoms. The molecule has 0 aromatic heterocycles. The van der Waals surface area contributed by atoms with Gasteiger partial charge in [0.2, 0.25) is 12.2 Å². The van der Waals surface area contributed by atoms with Gasteiger partial charge in [0.25, 0.3) is 0 Å². The summed E-state index contributed by atoms with van der Waals surface area (Å²) in [6.45, 7) is 1.79. The first-order chi connectivity index (χ1) is 11.5. The number of carbonyl (C=O) groups is 2. The molecule has 1 amide bonds. The molecule has 1 aliphatic rings. The summed E-state index contributed by atoms with van der Waals surface area (Å²) in [5.41, 5.74) is 1.06. The Bertz CT molecular complexity index is 828. The molecule has 1 unspecified atom stereocenters. The van der Waals surface area contributed by atoms with E-state index in [0.29, 0.717) is 11.5 Å². The topological polar surface area (TPSA) is 84.9 Å². The normalized spacial score (nSPS) is 15.5. The number of carbonyl (C=O) groups excluding carboxylic acids is 1. The predicted octanol–water partition coefficient (Wildman–Crippen LogP) is 3.15. The molecule has 0 saturated carbocycles. The Morgan fingerprint density at radius 3 is 2.67 bits per heavy atom. The first-order valence-electron chi connectivity index (χ1n) is 7.31. The Balaban J connectivity index is 1.71. The largest absolute Gasteiger partial charge is 0.478 e. The highest BCUT2D eigenvalue weighted by atomic mass is 16.7. The minimum atomic E-state index is -1.10. The van der Waals surface area contributed by atoms with E-state index in [2.05, 4.69) is 5.32 Å². The first-order valence-corrected chi connectivity index (χ1v) is 7.31. The van der Waals surface area contributed by atoms with E-state index in [4.69, 9.17) is 14.6 Å². The molecular formula is C18H15NO5. The van der Waals surface area contributed by atoms with E-state index in [0.717, 1.165) is 5.56 Å². The van der Waals surface area contributed by atoms with Gasteiger partial charge in [0.15, 0.2) is 11.5 Å². The Kier molecular flexibility index (Phi) is 4.20. The second-order valence-corrected chi connectivity index (χ2v) is 5.18. The number of carboxylic acids is 1. The number of para-hydroxylation sites is 1. The van der Waals surface area contributed by atoms with E-state index in [9.17, 15) is 9.59 Å². The highest BCUT2D eigenvalue weighted by Crippen LogP contribution is 2.35. The lowest BCUT2D eigenvalue weighted by atomic mass is 10.1. The molecule has 1 atom stereocenters. The zero-order valence-electron chi connectivity index (χ0n) is 12.9. The summed E-state index contributed by atoms with van der Waals surface area (Å²) in [4.78, 5) is 23.1. The van der Waals surface area contributed by atoms with Crippen molar-refractivity contribution in [1.82, 2.24) is 0 Å². The highest BCUT2D eigenvalue weighted by Gasteiger charge is 2.19. The van der Waals surface area contributed by atoms with Gasteiger partial charge in [-0.05, 0) is 35.9 Å². The fourth-order valence-corrected chi connectivity index (χ4v) is 2.32. The molecular weight excluding hydrogens is 310 g/mol. The van der Waals surface area contributed by atoms with Crippen LogP contribution in [-0.4, -0.2) is 23.3 Å². The zero-order chi connectivity index (χ0) is 17.1. The number of benzene rings is 2. The summed E-state index contributed by atoms with van der Waals surface area (Å²) in [6, 6.07) is 11.6. The Hall–Kier alpha value is -3.28. The van der Waals surface area contributed by atoms with Gasteiger partial charge in [0, 0.05) is 13.0 Å². The van der Waals surface area contributed by atoms with E-state index >= 15 is 0 Å². The van der Waals surface area contributed by atoms with Gasteiger partial charge in [-0.3, -0.25) is 4.79 Å². The maximum atomic E-state index is 12.0. The van der Waals surface area contributed by atoms with E-state index in [1.807, 2.05) is 0 Å². The lowest BCUT2D eigenvalue weighted by Crippen LogP contribution is -2.11. The molecule has 2 aromatic rings. The van der Waals surface area contributed by atoms with Crippen molar-refractivity contribution >= 4 is 23.6 Å². The highest BCUT2D eigenvalue weighted by molar-refractivity contribution is 6.06. The van der Waals surface area contributed by atoms with Crippen LogP contribution < -0.4 is 14.8 Å². The van der Waals surface area contributed by atoms with Crippen LogP contribution in [0.1, 0.15) is 22.8 Å². The van der Waals surface area contributed by atoms with Gasteiger partial charge in [0.1, 0.15) is 0 Å². The third kappa shape index (κ3) is 3.38. The number of hydrogen-bond acceptors (Lipinski definition) is 4. The summed E-state index contributed by atoms with van der Waals surface area (Å²) in [5.74, 6) is -0.227. The second-order valence-electron chi connectivity index (χ2n) is 5.18. The number of aromatic carboxylic acids is 1. The molecule has 0 radical (unpaired) electrons. The molecule has 0 bridgehead atoms. The molecule has 122 valence electrons. The molecule has 1 aliphatic heterocycles. The van der Waals surface area contributed by atoms with E-state index in [1.54, 1.807) is 43.3 Å². The van der Waals surface area contributed by atoms with Crippen molar-refractivity contribution in [3.63, 3.8) is 0 Å². The molecule has 0 saturated heterocycles. The van der Waals surface area contributed by atoms with Gasteiger partial charge in [-0.2, -0.15) is 0 Å². The lowest BCUT2D eigenvalue weighted by molar-refractivity contribution is -0.111. The fourth-order valence-electron chi connectivity index (χ4n) is 2.32. The van der Waals surface area contributed by atoms with Crippen LogP contribution in [0.5, 0.6) is 11.5 Å². The number of hydrogen-bond donors (Lipinski definition) is 2. The Morgan fingerprint density at radius 2 is 1.88 bits per heavy atom. The van der Waals surface area contributed by atoms with Crippen LogP contribution >= 0.6 is 0 Å². The molecule has 0 aliphatic carbocycles. The van der Waals surface area contributed by atoms with E-state index in [-0.39, 0.29) is 17.5 Å². The van der Waals surface area contributed by atoms with Crippen LogP contribution in [-0.2, 0) is 4.79 Å². The number of amides is 1. The summed E-state index contributed by atoms with van der Waals surface area (Å²) in [5, 5.41) is 11.7. The number of carboxylic acid groups (broad SMARTS) is 1. The molecule has 2 N–H and O–H groups in total. The average Bonchev–Trinajstić information content (AvgIpc) is 2.92. The first kappa shape index (κ1) is 15.6. The van der Waals surface area contributed by atoms with Crippen molar-refractivity contribution < 1.29 is 24.2 Å². The van der Waals surface area contributed by atoms with Gasteiger partial charge in [-0.15, -0.1) is 0 Å². The number of nitrogens with one attached hydrogen (secondary N) is 1. The summed E-state index contributed by atoms with van der Waals surface area (Å²) < 4.78 is 10.9. The maximum Gasteiger partial charge on any atom is 0.337 e. The minimum Gasteiger partial charge on any atom is -0.478 e. The van der Waals surface area contributed by atoms with Crippen LogP contribution in [0.2, 0.25) is 0 Å². The number of fused-ring (bicyclic) bond motifs is 1. The van der Waals surface area contributed by atoms with E-state index in [1.165, 1.54) is 18.2 Å². The van der Waals surface area contributed by atoms with Crippen molar-refractivity contribution in [3.05, 3.63) is 59.7 Å². The number of ether oxygens (including phenoxy) is 2. The van der Waals surface area contributed by atoms with Crippen molar-refractivity contribution in [3.8, 4) is 11.5 Å². The van der Waals surface area contributed by atoms with Gasteiger partial charge < -0.3 is 19.9 Å². The third-order valence-corrected chi connectivity index (χ3v) is 3.40. The van der Waals surface area contributed by atoms with Crippen LogP contribution in [0.4, 0.5) is 5.69 Å². The molecule has 2 aromatic carbocycles. The zero-order valence-corrected chi connectivity index (χ0v) is 12.9. The van der Waals surface area contributed by atoms with Crippen LogP contribution in [0, 0.1) is 0 Å². The summed E-state index contributed by atoms with van der Waals surface area (Å²) >= 11 is 0. The van der Waals surface area contributed by atoms with Crippen LogP contribution in [0.15, 0.2) is 48.5 Å². The maximum absolute atomic E-state index is 12.0.